The molecule has 1 aliphatic carbocycles. The number of hydrogen-bond acceptors (Lipinski definition) is 3. The Balaban J connectivity index is 2.18. The first-order valence-electron chi connectivity index (χ1n) is 3.41. The number of amides is 1. The first-order valence-corrected chi connectivity index (χ1v) is 3.41. The molecule has 0 spiro atoms. The van der Waals surface area contributed by atoms with Crippen molar-refractivity contribution in [2.75, 3.05) is 6.61 Å². The zero-order chi connectivity index (χ0) is 7.56. The molecule has 0 aliphatic heterocycles. The Hall–Kier alpha value is -0.610. The molecule has 0 aromatic carbocycles. The highest BCUT2D eigenvalue weighted by Crippen LogP contribution is 2.40. The van der Waals surface area contributed by atoms with Crippen molar-refractivity contribution in [3.63, 3.8) is 0 Å². The Morgan fingerprint density at radius 2 is 2.50 bits per heavy atom. The molecule has 2 atom stereocenters. The lowest BCUT2D eigenvalue weighted by atomic mass is 10.2. The van der Waals surface area contributed by atoms with Gasteiger partial charge in [-0.05, 0) is 18.8 Å². The lowest BCUT2D eigenvalue weighted by molar-refractivity contribution is -0.122. The molecule has 4 nitrogen and oxygen atoms in total. The molecule has 0 radical (unpaired) electrons. The van der Waals surface area contributed by atoms with Gasteiger partial charge < -0.3 is 5.11 Å². The fourth-order valence-electron chi connectivity index (χ4n) is 1.16. The first-order chi connectivity index (χ1) is 4.79. The molecule has 0 aromatic heterocycles. The van der Waals surface area contributed by atoms with Crippen LogP contribution in [-0.2, 0) is 4.79 Å². The first kappa shape index (κ1) is 7.50. The predicted molar refractivity (Wildman–Crippen MR) is 35.6 cm³/mol. The average Bonchev–Trinajstić information content (AvgIpc) is 2.67. The third-order valence-corrected chi connectivity index (χ3v) is 1.90. The molecule has 0 heterocycles. The van der Waals surface area contributed by atoms with Gasteiger partial charge in [0.25, 0.3) is 0 Å². The number of hydrazine groups is 1. The van der Waals surface area contributed by atoms with Gasteiger partial charge in [0.2, 0.25) is 5.91 Å². The van der Waals surface area contributed by atoms with Crippen molar-refractivity contribution in [3.8, 4) is 0 Å². The van der Waals surface area contributed by atoms with Gasteiger partial charge in [-0.3, -0.25) is 10.2 Å². The van der Waals surface area contributed by atoms with E-state index in [1.165, 1.54) is 0 Å². The summed E-state index contributed by atoms with van der Waals surface area (Å²) in [5, 5.41) is 8.49. The van der Waals surface area contributed by atoms with Crippen LogP contribution < -0.4 is 11.3 Å². The van der Waals surface area contributed by atoms with Crippen LogP contribution in [0, 0.1) is 11.8 Å². The van der Waals surface area contributed by atoms with E-state index >= 15 is 0 Å². The zero-order valence-corrected chi connectivity index (χ0v) is 5.71. The molecule has 0 bridgehead atoms. The lowest BCUT2D eigenvalue weighted by Gasteiger charge is -1.95. The summed E-state index contributed by atoms with van der Waals surface area (Å²) in [5.41, 5.74) is 2.09. The molecule has 0 aromatic rings. The summed E-state index contributed by atoms with van der Waals surface area (Å²) in [6, 6.07) is 0. The van der Waals surface area contributed by atoms with Crippen LogP contribution in [0.3, 0.4) is 0 Å². The van der Waals surface area contributed by atoms with Gasteiger partial charge in [0.1, 0.15) is 0 Å². The summed E-state index contributed by atoms with van der Waals surface area (Å²) in [5.74, 6) is 5.25. The molecule has 0 unspecified atom stereocenters. The van der Waals surface area contributed by atoms with Crippen LogP contribution in [0.15, 0.2) is 0 Å². The number of hydrogen-bond donors (Lipinski definition) is 3. The molecule has 4 heteroatoms. The smallest absolute Gasteiger partial charge is 0.237 e. The van der Waals surface area contributed by atoms with Gasteiger partial charge in [0.15, 0.2) is 0 Å². The minimum absolute atomic E-state index is 0.0668. The van der Waals surface area contributed by atoms with E-state index in [0.29, 0.717) is 5.92 Å². The highest BCUT2D eigenvalue weighted by atomic mass is 16.3. The topological polar surface area (TPSA) is 75.3 Å². The van der Waals surface area contributed by atoms with Gasteiger partial charge in [0.05, 0.1) is 0 Å². The predicted octanol–water partition coefficient (Wildman–Crippen LogP) is -1.01. The van der Waals surface area contributed by atoms with Gasteiger partial charge in [-0.25, -0.2) is 5.84 Å². The quantitative estimate of drug-likeness (QED) is 0.270. The van der Waals surface area contributed by atoms with E-state index in [-0.39, 0.29) is 18.4 Å². The third-order valence-electron chi connectivity index (χ3n) is 1.90. The third kappa shape index (κ3) is 1.46. The maximum absolute atomic E-state index is 10.7. The maximum Gasteiger partial charge on any atom is 0.237 e. The number of rotatable bonds is 3. The van der Waals surface area contributed by atoms with E-state index in [4.69, 9.17) is 10.9 Å². The largest absolute Gasteiger partial charge is 0.396 e. The Labute approximate surface area is 59.4 Å². The second kappa shape index (κ2) is 2.98. The van der Waals surface area contributed by atoms with Crippen molar-refractivity contribution in [2.24, 2.45) is 17.7 Å². The zero-order valence-electron chi connectivity index (χ0n) is 5.71. The van der Waals surface area contributed by atoms with Crippen LogP contribution in [0.5, 0.6) is 0 Å². The van der Waals surface area contributed by atoms with Crippen molar-refractivity contribution in [1.82, 2.24) is 5.43 Å². The Morgan fingerprint density at radius 3 is 3.00 bits per heavy atom. The summed E-state index contributed by atoms with van der Waals surface area (Å²) in [6.45, 7) is 0.166. The molecule has 1 amide bonds. The van der Waals surface area contributed by atoms with Crippen LogP contribution >= 0.6 is 0 Å². The lowest BCUT2D eigenvalue weighted by Crippen LogP contribution is -2.31. The van der Waals surface area contributed by atoms with Crippen LogP contribution in [0.2, 0.25) is 0 Å². The van der Waals surface area contributed by atoms with E-state index in [1.807, 2.05) is 0 Å². The monoisotopic (exact) mass is 144 g/mol. The van der Waals surface area contributed by atoms with Crippen LogP contribution in [0.25, 0.3) is 0 Å². The average molecular weight is 144 g/mol. The van der Waals surface area contributed by atoms with Crippen molar-refractivity contribution in [2.45, 2.75) is 12.8 Å². The van der Waals surface area contributed by atoms with Gasteiger partial charge in [-0.1, -0.05) is 0 Å². The normalized spacial score (nSPS) is 29.8. The molecule has 1 aliphatic rings. The molecule has 10 heavy (non-hydrogen) atoms. The number of carbonyl (C=O) groups excluding carboxylic acids is 1. The number of nitrogens with two attached hydrogens (primary N) is 1. The van der Waals surface area contributed by atoms with Crippen LogP contribution in [0.4, 0.5) is 0 Å². The van der Waals surface area contributed by atoms with E-state index in [9.17, 15) is 4.79 Å². The molecule has 1 fully saturated rings. The maximum atomic E-state index is 10.7. The summed E-state index contributed by atoms with van der Waals surface area (Å²) in [4.78, 5) is 10.7. The van der Waals surface area contributed by atoms with Crippen LogP contribution in [0.1, 0.15) is 12.8 Å². The minimum atomic E-state index is -0.0987. The molecule has 0 saturated heterocycles. The highest BCUT2D eigenvalue weighted by molar-refractivity contribution is 5.80. The molecule has 58 valence electrons. The number of aliphatic hydroxyl groups is 1. The Bertz CT molecular complexity index is 138. The van der Waals surface area contributed by atoms with Gasteiger partial charge >= 0.3 is 0 Å². The second-order valence-electron chi connectivity index (χ2n) is 2.62. The molecule has 1 saturated carbocycles. The summed E-state index contributed by atoms with van der Waals surface area (Å²) >= 11 is 0. The van der Waals surface area contributed by atoms with Gasteiger partial charge in [-0.2, -0.15) is 0 Å². The van der Waals surface area contributed by atoms with E-state index < -0.39 is 0 Å². The van der Waals surface area contributed by atoms with Gasteiger partial charge in [-0.15, -0.1) is 0 Å². The van der Waals surface area contributed by atoms with Crippen molar-refractivity contribution >= 4 is 5.91 Å². The Kier molecular flexibility index (Phi) is 2.24. The molecule has 4 N–H and O–H groups in total. The molecule has 1 rings (SSSR count). The van der Waals surface area contributed by atoms with Crippen molar-refractivity contribution in [1.29, 1.82) is 0 Å². The summed E-state index contributed by atoms with van der Waals surface area (Å²) in [6.07, 6.45) is 1.60. The number of aliphatic hydroxyl groups excluding tert-OH is 1. The van der Waals surface area contributed by atoms with Gasteiger partial charge in [0, 0.05) is 12.5 Å². The molecular weight excluding hydrogens is 132 g/mol. The Morgan fingerprint density at radius 1 is 1.80 bits per heavy atom. The fourth-order valence-corrected chi connectivity index (χ4v) is 1.16. The second-order valence-corrected chi connectivity index (χ2v) is 2.62. The molecular formula is C6H12N2O2. The van der Waals surface area contributed by atoms with Crippen molar-refractivity contribution < 1.29 is 9.90 Å². The van der Waals surface area contributed by atoms with Crippen molar-refractivity contribution in [3.05, 3.63) is 0 Å². The fraction of sp³-hybridized carbons (Fsp3) is 0.833. The SMILES string of the molecule is NNC(=O)[C@@H]1C[C@@H]1CCO. The summed E-state index contributed by atoms with van der Waals surface area (Å²) < 4.78 is 0. The summed E-state index contributed by atoms with van der Waals surface area (Å²) in [7, 11) is 0. The number of carbonyl (C=O) groups is 1. The standard InChI is InChI=1S/C6H12N2O2/c7-8-6(10)5-3-4(5)1-2-9/h4-5,9H,1-3,7H2,(H,8,10)/t4-,5+/m0/s1. The number of nitrogens with one attached hydrogen (secondary N) is 1. The van der Waals surface area contributed by atoms with E-state index in [2.05, 4.69) is 5.43 Å². The van der Waals surface area contributed by atoms with E-state index in [1.54, 1.807) is 0 Å². The minimum Gasteiger partial charge on any atom is -0.396 e. The van der Waals surface area contributed by atoms with E-state index in [0.717, 1.165) is 12.8 Å². The highest BCUT2D eigenvalue weighted by Gasteiger charge is 2.41. The van der Waals surface area contributed by atoms with Crippen LogP contribution in [-0.4, -0.2) is 17.6 Å².